The highest BCUT2D eigenvalue weighted by Gasteiger charge is 2.51. The van der Waals surface area contributed by atoms with Crippen molar-refractivity contribution >= 4 is 11.6 Å². The van der Waals surface area contributed by atoms with Crippen LogP contribution < -0.4 is 0 Å². The van der Waals surface area contributed by atoms with Gasteiger partial charge in [-0.3, -0.25) is 14.9 Å². The van der Waals surface area contributed by atoms with Gasteiger partial charge in [-0.2, -0.15) is 0 Å². The van der Waals surface area contributed by atoms with Crippen molar-refractivity contribution in [3.63, 3.8) is 0 Å². The Hall–Kier alpha value is -1.95. The molecule has 1 aromatic carbocycles. The molecule has 3 rings (SSSR count). The first kappa shape index (κ1) is 15.0. The van der Waals surface area contributed by atoms with E-state index in [2.05, 4.69) is 0 Å². The molecule has 1 aliphatic carbocycles. The summed E-state index contributed by atoms with van der Waals surface area (Å²) in [6.07, 6.45) is 0.455. The van der Waals surface area contributed by atoms with Gasteiger partial charge in [0.1, 0.15) is 0 Å². The van der Waals surface area contributed by atoms with Crippen LogP contribution >= 0.6 is 0 Å². The van der Waals surface area contributed by atoms with Gasteiger partial charge in [-0.05, 0) is 24.5 Å². The number of aliphatic hydroxyl groups excluding tert-OH is 1. The molecule has 1 heterocycles. The molecule has 0 saturated carbocycles. The van der Waals surface area contributed by atoms with Crippen molar-refractivity contribution in [2.24, 2.45) is 0 Å². The van der Waals surface area contributed by atoms with E-state index in [1.165, 1.54) is 12.1 Å². The van der Waals surface area contributed by atoms with Crippen LogP contribution in [0.2, 0.25) is 0 Å². The lowest BCUT2D eigenvalue weighted by Gasteiger charge is -2.34. The first-order valence-corrected chi connectivity index (χ1v) is 7.53. The number of amides is 1. The van der Waals surface area contributed by atoms with Gasteiger partial charge >= 0.3 is 0 Å². The van der Waals surface area contributed by atoms with E-state index in [1.807, 2.05) is 20.8 Å². The number of nitro groups is 1. The normalized spacial score (nSPS) is 29.7. The Bertz CT molecular complexity index is 656. The topological polar surface area (TPSA) is 83.7 Å². The minimum atomic E-state index is -0.769. The van der Waals surface area contributed by atoms with E-state index >= 15 is 0 Å². The molecule has 6 nitrogen and oxygen atoms in total. The molecular formula is C16H20N2O4. The second-order valence-electron chi connectivity index (χ2n) is 6.83. The van der Waals surface area contributed by atoms with Crippen LogP contribution in [-0.2, 0) is 10.2 Å². The van der Waals surface area contributed by atoms with E-state index in [1.54, 1.807) is 11.0 Å². The molecule has 1 N–H and O–H groups in total. The number of benzene rings is 1. The summed E-state index contributed by atoms with van der Waals surface area (Å²) in [6, 6.07) is 4.21. The number of likely N-dealkylation sites (tertiary alicyclic amines) is 1. The molecule has 1 saturated heterocycles. The maximum absolute atomic E-state index is 12.2. The molecule has 0 aromatic heterocycles. The summed E-state index contributed by atoms with van der Waals surface area (Å²) < 4.78 is 0. The van der Waals surface area contributed by atoms with E-state index < -0.39 is 22.5 Å². The highest BCUT2D eigenvalue weighted by atomic mass is 16.6. The molecule has 3 atom stereocenters. The highest BCUT2D eigenvalue weighted by molar-refractivity contribution is 5.79. The Balaban J connectivity index is 2.15. The van der Waals surface area contributed by atoms with Crippen LogP contribution in [0.15, 0.2) is 18.2 Å². The van der Waals surface area contributed by atoms with Gasteiger partial charge in [0.05, 0.1) is 17.1 Å². The van der Waals surface area contributed by atoms with Crippen LogP contribution in [0.3, 0.4) is 0 Å². The summed E-state index contributed by atoms with van der Waals surface area (Å²) in [4.78, 5) is 24.6. The zero-order valence-electron chi connectivity index (χ0n) is 12.9. The summed E-state index contributed by atoms with van der Waals surface area (Å²) in [5.41, 5.74) is 1.03. The van der Waals surface area contributed by atoms with Gasteiger partial charge in [-0.25, -0.2) is 0 Å². The van der Waals surface area contributed by atoms with Crippen molar-refractivity contribution in [1.82, 2.24) is 4.90 Å². The second-order valence-corrected chi connectivity index (χ2v) is 6.83. The van der Waals surface area contributed by atoms with Crippen molar-refractivity contribution in [3.05, 3.63) is 39.4 Å². The molecule has 1 aliphatic heterocycles. The largest absolute Gasteiger partial charge is 0.390 e. The van der Waals surface area contributed by atoms with Crippen molar-refractivity contribution < 1.29 is 14.8 Å². The van der Waals surface area contributed by atoms with Crippen molar-refractivity contribution in [2.75, 3.05) is 0 Å². The van der Waals surface area contributed by atoms with Gasteiger partial charge in [-0.1, -0.05) is 19.9 Å². The monoisotopic (exact) mass is 304 g/mol. The fourth-order valence-electron chi connectivity index (χ4n) is 3.80. The molecular weight excluding hydrogens is 284 g/mol. The summed E-state index contributed by atoms with van der Waals surface area (Å²) in [7, 11) is 0. The van der Waals surface area contributed by atoms with Gasteiger partial charge < -0.3 is 10.0 Å². The smallest absolute Gasteiger partial charge is 0.269 e. The predicted octanol–water partition coefficient (Wildman–Crippen LogP) is 2.30. The van der Waals surface area contributed by atoms with Gasteiger partial charge in [0.15, 0.2) is 0 Å². The Morgan fingerprint density at radius 2 is 2.09 bits per heavy atom. The van der Waals surface area contributed by atoms with E-state index in [0.717, 1.165) is 12.0 Å². The molecule has 0 unspecified atom stereocenters. The first-order chi connectivity index (χ1) is 10.2. The summed E-state index contributed by atoms with van der Waals surface area (Å²) in [6.45, 7) is 5.78. The van der Waals surface area contributed by atoms with E-state index in [9.17, 15) is 20.0 Å². The van der Waals surface area contributed by atoms with Crippen LogP contribution in [0.5, 0.6) is 0 Å². The molecule has 2 aliphatic rings. The lowest BCUT2D eigenvalue weighted by molar-refractivity contribution is -0.385. The lowest BCUT2D eigenvalue weighted by Crippen LogP contribution is -2.43. The fourth-order valence-corrected chi connectivity index (χ4v) is 3.80. The molecule has 6 heteroatoms. The zero-order chi connectivity index (χ0) is 16.2. The number of nitro benzene ring substituents is 1. The van der Waals surface area contributed by atoms with Gasteiger partial charge in [0.25, 0.3) is 5.69 Å². The number of non-ortho nitro benzene ring substituents is 1. The number of carbonyl (C=O) groups is 1. The Kier molecular flexibility index (Phi) is 3.25. The Morgan fingerprint density at radius 3 is 2.64 bits per heavy atom. The SMILES string of the molecule is C[C@H]1CCC(=O)N1[C@H]1c2cc([N+](=O)[O-])ccc2C(C)(C)[C@@H]1O. The van der Waals surface area contributed by atoms with Crippen molar-refractivity contribution in [3.8, 4) is 0 Å². The standard InChI is InChI=1S/C16H20N2O4/c1-9-4-7-13(19)17(9)14-11-8-10(18(21)22)5-6-12(11)16(2,3)15(14)20/h5-6,8-9,14-15,20H,4,7H2,1-3H3/t9-,14-,15+/m0/s1. The molecule has 0 spiro atoms. The number of hydrogen-bond donors (Lipinski definition) is 1. The predicted molar refractivity (Wildman–Crippen MR) is 80.4 cm³/mol. The van der Waals surface area contributed by atoms with E-state index in [4.69, 9.17) is 0 Å². The molecule has 1 fully saturated rings. The average molecular weight is 304 g/mol. The number of hydrogen-bond acceptors (Lipinski definition) is 4. The van der Waals surface area contributed by atoms with Crippen molar-refractivity contribution in [1.29, 1.82) is 0 Å². The minimum Gasteiger partial charge on any atom is -0.390 e. The molecule has 0 radical (unpaired) electrons. The van der Waals surface area contributed by atoms with Crippen LogP contribution in [0.4, 0.5) is 5.69 Å². The quantitative estimate of drug-likeness (QED) is 0.671. The maximum atomic E-state index is 12.2. The Labute approximate surface area is 128 Å². The van der Waals surface area contributed by atoms with E-state index in [0.29, 0.717) is 12.0 Å². The minimum absolute atomic E-state index is 0.00621. The van der Waals surface area contributed by atoms with Crippen LogP contribution in [-0.4, -0.2) is 33.0 Å². The number of aliphatic hydroxyl groups is 1. The Morgan fingerprint density at radius 1 is 1.41 bits per heavy atom. The average Bonchev–Trinajstić information content (AvgIpc) is 2.87. The molecule has 22 heavy (non-hydrogen) atoms. The number of carbonyl (C=O) groups excluding carboxylic acids is 1. The number of fused-ring (bicyclic) bond motifs is 1. The fraction of sp³-hybridized carbons (Fsp3) is 0.562. The van der Waals surface area contributed by atoms with Crippen LogP contribution in [0.25, 0.3) is 0 Å². The number of nitrogens with zero attached hydrogens (tertiary/aromatic N) is 2. The van der Waals surface area contributed by atoms with Gasteiger partial charge in [0.2, 0.25) is 5.91 Å². The summed E-state index contributed by atoms with van der Waals surface area (Å²) >= 11 is 0. The summed E-state index contributed by atoms with van der Waals surface area (Å²) in [5.74, 6) is 0.00621. The van der Waals surface area contributed by atoms with Crippen molar-refractivity contribution in [2.45, 2.75) is 57.2 Å². The number of rotatable bonds is 2. The third kappa shape index (κ3) is 1.94. The van der Waals surface area contributed by atoms with Gasteiger partial charge in [0, 0.05) is 30.0 Å². The lowest BCUT2D eigenvalue weighted by atomic mass is 9.84. The van der Waals surface area contributed by atoms with E-state index in [-0.39, 0.29) is 17.6 Å². The molecule has 118 valence electrons. The first-order valence-electron chi connectivity index (χ1n) is 7.53. The third-order valence-corrected chi connectivity index (χ3v) is 5.14. The summed E-state index contributed by atoms with van der Waals surface area (Å²) in [5, 5.41) is 21.9. The second kappa shape index (κ2) is 4.78. The maximum Gasteiger partial charge on any atom is 0.269 e. The molecule has 1 aromatic rings. The zero-order valence-corrected chi connectivity index (χ0v) is 12.9. The van der Waals surface area contributed by atoms with Gasteiger partial charge in [-0.15, -0.1) is 0 Å². The van der Waals surface area contributed by atoms with Crippen LogP contribution in [0, 0.1) is 10.1 Å². The highest BCUT2D eigenvalue weighted by Crippen LogP contribution is 2.50. The molecule has 0 bridgehead atoms. The molecule has 1 amide bonds. The van der Waals surface area contributed by atoms with Crippen LogP contribution in [0.1, 0.15) is 50.8 Å². The third-order valence-electron chi connectivity index (χ3n) is 5.14.